The second kappa shape index (κ2) is 7.17. The van der Waals surface area contributed by atoms with Crippen molar-refractivity contribution in [1.82, 2.24) is 10.2 Å². The lowest BCUT2D eigenvalue weighted by molar-refractivity contribution is -0.0780. The SMILES string of the molecule is CC.CNC1OC(CN(C)C)OC1C. The van der Waals surface area contributed by atoms with E-state index >= 15 is 0 Å². The number of likely N-dealkylation sites (N-methyl/N-ethyl adjacent to an activating group) is 2. The minimum absolute atomic E-state index is 0.0370. The van der Waals surface area contributed by atoms with Gasteiger partial charge >= 0.3 is 0 Å². The van der Waals surface area contributed by atoms with Crippen molar-refractivity contribution in [1.29, 1.82) is 0 Å². The molecule has 1 fully saturated rings. The Morgan fingerprint density at radius 1 is 1.21 bits per heavy atom. The molecule has 0 saturated carbocycles. The molecule has 4 nitrogen and oxygen atoms in total. The summed E-state index contributed by atoms with van der Waals surface area (Å²) in [6, 6.07) is 0. The van der Waals surface area contributed by atoms with Gasteiger partial charge in [0.2, 0.25) is 0 Å². The third-order valence-corrected chi connectivity index (χ3v) is 1.89. The summed E-state index contributed by atoms with van der Waals surface area (Å²) < 4.78 is 11.1. The van der Waals surface area contributed by atoms with Gasteiger partial charge in [0, 0.05) is 6.54 Å². The van der Waals surface area contributed by atoms with Crippen molar-refractivity contribution in [2.45, 2.75) is 39.4 Å². The zero-order valence-electron chi connectivity index (χ0n) is 10.2. The summed E-state index contributed by atoms with van der Waals surface area (Å²) in [5, 5.41) is 3.05. The van der Waals surface area contributed by atoms with Crippen LogP contribution in [0.15, 0.2) is 0 Å². The number of nitrogens with zero attached hydrogens (tertiary/aromatic N) is 1. The van der Waals surface area contributed by atoms with Gasteiger partial charge in [-0.15, -0.1) is 0 Å². The van der Waals surface area contributed by atoms with Crippen LogP contribution in [0.3, 0.4) is 0 Å². The molecule has 0 bridgehead atoms. The van der Waals surface area contributed by atoms with Crippen LogP contribution in [0.4, 0.5) is 0 Å². The van der Waals surface area contributed by atoms with Crippen LogP contribution < -0.4 is 5.32 Å². The van der Waals surface area contributed by atoms with Gasteiger partial charge in [0.25, 0.3) is 0 Å². The van der Waals surface area contributed by atoms with Crippen LogP contribution in [0.25, 0.3) is 0 Å². The summed E-state index contributed by atoms with van der Waals surface area (Å²) >= 11 is 0. The maximum Gasteiger partial charge on any atom is 0.172 e. The highest BCUT2D eigenvalue weighted by Gasteiger charge is 2.31. The number of ether oxygens (including phenoxy) is 2. The normalized spacial score (nSPS) is 31.5. The maximum absolute atomic E-state index is 5.56. The van der Waals surface area contributed by atoms with E-state index in [4.69, 9.17) is 9.47 Å². The standard InChI is InChI=1S/C8H18N2O2.C2H6/c1-6-8(9-2)12-7(11-6)5-10(3)4;1-2/h6-9H,5H2,1-4H3;1-2H3. The summed E-state index contributed by atoms with van der Waals surface area (Å²) in [5.74, 6) is 0. The quantitative estimate of drug-likeness (QED) is 0.740. The summed E-state index contributed by atoms with van der Waals surface area (Å²) in [7, 11) is 5.89. The molecule has 4 heteroatoms. The molecule has 1 aliphatic rings. The van der Waals surface area contributed by atoms with Crippen LogP contribution >= 0.6 is 0 Å². The van der Waals surface area contributed by atoms with E-state index in [9.17, 15) is 0 Å². The first-order valence-corrected chi connectivity index (χ1v) is 5.26. The molecule has 1 aliphatic heterocycles. The van der Waals surface area contributed by atoms with Crippen molar-refractivity contribution in [3.05, 3.63) is 0 Å². The number of hydrogen-bond acceptors (Lipinski definition) is 4. The molecule has 14 heavy (non-hydrogen) atoms. The van der Waals surface area contributed by atoms with E-state index < -0.39 is 0 Å². The largest absolute Gasteiger partial charge is 0.344 e. The van der Waals surface area contributed by atoms with Crippen molar-refractivity contribution in [3.8, 4) is 0 Å². The van der Waals surface area contributed by atoms with Crippen LogP contribution in [-0.4, -0.2) is 51.2 Å². The number of nitrogens with one attached hydrogen (secondary N) is 1. The van der Waals surface area contributed by atoms with Crippen LogP contribution in [0.2, 0.25) is 0 Å². The Bertz CT molecular complexity index is 142. The van der Waals surface area contributed by atoms with Crippen molar-refractivity contribution in [2.75, 3.05) is 27.7 Å². The van der Waals surface area contributed by atoms with Gasteiger partial charge in [-0.1, -0.05) is 13.8 Å². The van der Waals surface area contributed by atoms with Crippen molar-refractivity contribution in [3.63, 3.8) is 0 Å². The van der Waals surface area contributed by atoms with Crippen LogP contribution in [0, 0.1) is 0 Å². The van der Waals surface area contributed by atoms with Gasteiger partial charge in [-0.05, 0) is 28.1 Å². The van der Waals surface area contributed by atoms with Gasteiger partial charge in [0.1, 0.15) is 6.23 Å². The highest BCUT2D eigenvalue weighted by atomic mass is 16.7. The summed E-state index contributed by atoms with van der Waals surface area (Å²) in [6.45, 7) is 6.82. The van der Waals surface area contributed by atoms with Gasteiger partial charge in [0.05, 0.1) is 6.10 Å². The van der Waals surface area contributed by atoms with E-state index in [0.29, 0.717) is 0 Å². The molecule has 0 amide bonds. The van der Waals surface area contributed by atoms with Crippen molar-refractivity contribution in [2.24, 2.45) is 0 Å². The predicted octanol–water partition coefficient (Wildman–Crippen LogP) is 0.881. The van der Waals surface area contributed by atoms with Crippen LogP contribution in [-0.2, 0) is 9.47 Å². The number of hydrogen-bond donors (Lipinski definition) is 1. The van der Waals surface area contributed by atoms with Gasteiger partial charge in [0.15, 0.2) is 6.29 Å². The second-order valence-electron chi connectivity index (χ2n) is 3.38. The Morgan fingerprint density at radius 2 is 1.79 bits per heavy atom. The Hall–Kier alpha value is -0.160. The van der Waals surface area contributed by atoms with E-state index in [2.05, 4.69) is 10.2 Å². The zero-order chi connectivity index (χ0) is 11.1. The molecule has 86 valence electrons. The molecular weight excluding hydrogens is 180 g/mol. The minimum Gasteiger partial charge on any atom is -0.344 e. The lowest BCUT2D eigenvalue weighted by Crippen LogP contribution is -2.33. The Morgan fingerprint density at radius 3 is 2.14 bits per heavy atom. The summed E-state index contributed by atoms with van der Waals surface area (Å²) in [6.07, 6.45) is 0.0855. The summed E-state index contributed by atoms with van der Waals surface area (Å²) in [4.78, 5) is 2.05. The molecule has 1 heterocycles. The van der Waals surface area contributed by atoms with Gasteiger partial charge in [-0.3, -0.25) is 5.32 Å². The molecule has 1 N–H and O–H groups in total. The molecule has 3 unspecified atom stereocenters. The Balaban J connectivity index is 0.000000791. The molecular formula is C10H24N2O2. The highest BCUT2D eigenvalue weighted by molar-refractivity contribution is 4.71. The topological polar surface area (TPSA) is 33.7 Å². The summed E-state index contributed by atoms with van der Waals surface area (Å²) in [5.41, 5.74) is 0. The van der Waals surface area contributed by atoms with E-state index in [1.165, 1.54) is 0 Å². The molecule has 0 aromatic heterocycles. The third kappa shape index (κ3) is 4.37. The fourth-order valence-corrected chi connectivity index (χ4v) is 1.30. The minimum atomic E-state index is -0.0903. The Kier molecular flexibility index (Phi) is 7.09. The van der Waals surface area contributed by atoms with Crippen LogP contribution in [0.5, 0.6) is 0 Å². The molecule has 0 aromatic carbocycles. The average Bonchev–Trinajstić information content (AvgIpc) is 2.48. The molecule has 0 spiro atoms. The smallest absolute Gasteiger partial charge is 0.172 e. The maximum atomic E-state index is 5.56. The molecule has 0 aromatic rings. The monoisotopic (exact) mass is 204 g/mol. The first-order chi connectivity index (χ1) is 6.63. The lowest BCUT2D eigenvalue weighted by Gasteiger charge is -2.15. The third-order valence-electron chi connectivity index (χ3n) is 1.89. The fraction of sp³-hybridized carbons (Fsp3) is 1.00. The lowest BCUT2D eigenvalue weighted by atomic mass is 10.4. The van der Waals surface area contributed by atoms with E-state index in [0.717, 1.165) is 6.54 Å². The van der Waals surface area contributed by atoms with Crippen molar-refractivity contribution < 1.29 is 9.47 Å². The van der Waals surface area contributed by atoms with E-state index in [1.807, 2.05) is 41.9 Å². The van der Waals surface area contributed by atoms with Gasteiger partial charge in [-0.25, -0.2) is 0 Å². The van der Waals surface area contributed by atoms with Crippen LogP contribution in [0.1, 0.15) is 20.8 Å². The molecule has 0 aliphatic carbocycles. The fourth-order valence-electron chi connectivity index (χ4n) is 1.30. The second-order valence-corrected chi connectivity index (χ2v) is 3.38. The molecule has 1 saturated heterocycles. The molecule has 1 rings (SSSR count). The number of rotatable bonds is 3. The first kappa shape index (κ1) is 13.8. The van der Waals surface area contributed by atoms with Gasteiger partial charge in [-0.2, -0.15) is 0 Å². The predicted molar refractivity (Wildman–Crippen MR) is 58.2 cm³/mol. The highest BCUT2D eigenvalue weighted by Crippen LogP contribution is 2.16. The first-order valence-electron chi connectivity index (χ1n) is 5.26. The Labute approximate surface area is 87.6 Å². The van der Waals surface area contributed by atoms with Gasteiger partial charge < -0.3 is 14.4 Å². The van der Waals surface area contributed by atoms with Crippen molar-refractivity contribution >= 4 is 0 Å². The molecule has 3 atom stereocenters. The van der Waals surface area contributed by atoms with E-state index in [-0.39, 0.29) is 18.6 Å². The molecule has 0 radical (unpaired) electrons. The van der Waals surface area contributed by atoms with E-state index in [1.54, 1.807) is 0 Å². The average molecular weight is 204 g/mol. The zero-order valence-corrected chi connectivity index (χ0v) is 10.2.